The number of nitriles is 1. The molecule has 112 valence electrons. The van der Waals surface area contributed by atoms with E-state index in [1.54, 1.807) is 6.07 Å². The number of hydrogen-bond acceptors (Lipinski definition) is 5. The summed E-state index contributed by atoms with van der Waals surface area (Å²) in [6.45, 7) is 0. The molecule has 0 saturated heterocycles. The lowest BCUT2D eigenvalue weighted by Crippen LogP contribution is -2.41. The summed E-state index contributed by atoms with van der Waals surface area (Å²) in [5, 5.41) is 12.0. The second-order valence-electron chi connectivity index (χ2n) is 4.66. The predicted octanol–water partition coefficient (Wildman–Crippen LogP) is 1.81. The van der Waals surface area contributed by atoms with Crippen molar-refractivity contribution in [1.82, 2.24) is 10.3 Å². The minimum Gasteiger partial charge on any atom is -0.467 e. The van der Waals surface area contributed by atoms with Gasteiger partial charge in [-0.15, -0.1) is 0 Å². The van der Waals surface area contributed by atoms with Crippen LogP contribution in [0.1, 0.15) is 23.2 Å². The number of carbonyl (C=O) groups excluding carboxylic acids is 2. The van der Waals surface area contributed by atoms with Crippen LogP contribution in [0, 0.1) is 11.3 Å². The van der Waals surface area contributed by atoms with E-state index in [0.29, 0.717) is 5.56 Å². The third-order valence-corrected chi connectivity index (χ3v) is 3.19. The first-order valence-electron chi connectivity index (χ1n) is 6.76. The van der Waals surface area contributed by atoms with Gasteiger partial charge in [-0.05, 0) is 18.6 Å². The molecule has 2 rings (SSSR count). The average Bonchev–Trinajstić information content (AvgIpc) is 2.57. The van der Waals surface area contributed by atoms with Crippen molar-refractivity contribution in [2.45, 2.75) is 18.9 Å². The third-order valence-electron chi connectivity index (χ3n) is 3.19. The first kappa shape index (κ1) is 15.4. The summed E-state index contributed by atoms with van der Waals surface area (Å²) in [5.41, 5.74) is 1.14. The maximum Gasteiger partial charge on any atom is 0.328 e. The van der Waals surface area contributed by atoms with Gasteiger partial charge in [0.1, 0.15) is 6.04 Å². The fraction of sp³-hybridized carbons (Fsp3) is 0.250. The van der Waals surface area contributed by atoms with Crippen LogP contribution in [0.3, 0.4) is 0 Å². The van der Waals surface area contributed by atoms with Crippen molar-refractivity contribution in [3.8, 4) is 6.07 Å². The van der Waals surface area contributed by atoms with Crippen molar-refractivity contribution >= 4 is 22.8 Å². The van der Waals surface area contributed by atoms with Gasteiger partial charge in [0.2, 0.25) is 0 Å². The molecule has 1 aromatic heterocycles. The summed E-state index contributed by atoms with van der Waals surface area (Å²) in [5.74, 6) is -0.996. The molecule has 0 aliphatic heterocycles. The second-order valence-corrected chi connectivity index (χ2v) is 4.66. The van der Waals surface area contributed by atoms with Crippen molar-refractivity contribution in [1.29, 1.82) is 5.26 Å². The first-order chi connectivity index (χ1) is 10.7. The highest BCUT2D eigenvalue weighted by Crippen LogP contribution is 2.13. The largest absolute Gasteiger partial charge is 0.467 e. The topological polar surface area (TPSA) is 92.1 Å². The summed E-state index contributed by atoms with van der Waals surface area (Å²) < 4.78 is 4.64. The van der Waals surface area contributed by atoms with Gasteiger partial charge < -0.3 is 10.1 Å². The van der Waals surface area contributed by atoms with Crippen LogP contribution in [-0.4, -0.2) is 30.0 Å². The van der Waals surface area contributed by atoms with Crippen molar-refractivity contribution < 1.29 is 14.3 Å². The number of rotatable bonds is 5. The highest BCUT2D eigenvalue weighted by atomic mass is 16.5. The van der Waals surface area contributed by atoms with Crippen LogP contribution >= 0.6 is 0 Å². The zero-order valence-electron chi connectivity index (χ0n) is 12.1. The fourth-order valence-electron chi connectivity index (χ4n) is 2.04. The molecule has 1 atom stereocenters. The summed E-state index contributed by atoms with van der Waals surface area (Å²) in [7, 11) is 1.24. The van der Waals surface area contributed by atoms with Crippen molar-refractivity contribution in [2.75, 3.05) is 7.11 Å². The molecule has 0 unspecified atom stereocenters. The number of nitrogens with one attached hydrogen (secondary N) is 1. The zero-order valence-corrected chi connectivity index (χ0v) is 12.1. The second kappa shape index (κ2) is 7.18. The Balaban J connectivity index is 2.17. The number of hydrogen-bond donors (Lipinski definition) is 1. The van der Waals surface area contributed by atoms with Crippen LogP contribution in [0.4, 0.5) is 0 Å². The van der Waals surface area contributed by atoms with Gasteiger partial charge in [-0.2, -0.15) is 5.26 Å². The van der Waals surface area contributed by atoms with Gasteiger partial charge in [-0.1, -0.05) is 18.2 Å². The molecule has 2 aromatic rings. The SMILES string of the molecule is COC(=O)[C@H](CCC#N)NC(=O)c1cnc2ccccc2c1. The number of esters is 1. The number of benzene rings is 1. The number of methoxy groups -OCH3 is 1. The fourth-order valence-corrected chi connectivity index (χ4v) is 2.04. The Kier molecular flexibility index (Phi) is 5.04. The summed E-state index contributed by atoms with van der Waals surface area (Å²) in [6.07, 6.45) is 1.81. The van der Waals surface area contributed by atoms with Crippen LogP contribution < -0.4 is 5.32 Å². The number of para-hydroxylation sites is 1. The Labute approximate surface area is 127 Å². The summed E-state index contributed by atoms with van der Waals surface area (Å²) in [4.78, 5) is 28.1. The maximum atomic E-state index is 12.2. The van der Waals surface area contributed by atoms with Crippen LogP contribution in [0.25, 0.3) is 10.9 Å². The van der Waals surface area contributed by atoms with Gasteiger partial charge in [-0.3, -0.25) is 9.78 Å². The molecule has 0 bridgehead atoms. The smallest absolute Gasteiger partial charge is 0.328 e. The molecule has 0 aliphatic rings. The predicted molar refractivity (Wildman–Crippen MR) is 79.9 cm³/mol. The van der Waals surface area contributed by atoms with E-state index in [1.165, 1.54) is 13.3 Å². The molecule has 6 nitrogen and oxygen atoms in total. The molecule has 1 heterocycles. The van der Waals surface area contributed by atoms with Crippen LogP contribution in [0.15, 0.2) is 36.5 Å². The van der Waals surface area contributed by atoms with E-state index in [-0.39, 0.29) is 12.8 Å². The standard InChI is InChI=1S/C16H15N3O3/c1-22-16(21)14(7-4-8-17)19-15(20)12-9-11-5-2-3-6-13(11)18-10-12/h2-3,5-6,9-10,14H,4,7H2,1H3,(H,19,20)/t14-/m0/s1. The lowest BCUT2D eigenvalue weighted by molar-refractivity contribution is -0.143. The molecule has 0 saturated carbocycles. The Hall–Kier alpha value is -2.94. The monoisotopic (exact) mass is 297 g/mol. The van der Waals surface area contributed by atoms with Gasteiger partial charge in [0.25, 0.3) is 5.91 Å². The van der Waals surface area contributed by atoms with Gasteiger partial charge in [-0.25, -0.2) is 4.79 Å². The Morgan fingerprint density at radius 3 is 2.91 bits per heavy atom. The number of nitrogens with zero attached hydrogens (tertiary/aromatic N) is 2. The van der Waals surface area contributed by atoms with Gasteiger partial charge in [0.05, 0.1) is 24.3 Å². The number of ether oxygens (including phenoxy) is 1. The Morgan fingerprint density at radius 1 is 1.41 bits per heavy atom. The number of amides is 1. The first-order valence-corrected chi connectivity index (χ1v) is 6.76. The van der Waals surface area contributed by atoms with Gasteiger partial charge in [0, 0.05) is 18.0 Å². The van der Waals surface area contributed by atoms with E-state index in [1.807, 2.05) is 30.3 Å². The Bertz CT molecular complexity index is 737. The molecule has 0 aliphatic carbocycles. The molecule has 22 heavy (non-hydrogen) atoms. The van der Waals surface area contributed by atoms with E-state index in [2.05, 4.69) is 15.0 Å². The molecular formula is C16H15N3O3. The molecule has 0 spiro atoms. The molecule has 1 N–H and O–H groups in total. The highest BCUT2D eigenvalue weighted by molar-refractivity contribution is 5.99. The summed E-state index contributed by atoms with van der Waals surface area (Å²) >= 11 is 0. The minimum atomic E-state index is -0.844. The van der Waals surface area contributed by atoms with Gasteiger partial charge in [0.15, 0.2) is 0 Å². The normalized spacial score (nSPS) is 11.5. The van der Waals surface area contributed by atoms with E-state index >= 15 is 0 Å². The van der Waals surface area contributed by atoms with Crippen LogP contribution in [0.5, 0.6) is 0 Å². The number of aromatic nitrogens is 1. The Morgan fingerprint density at radius 2 is 2.18 bits per heavy atom. The lowest BCUT2D eigenvalue weighted by atomic mass is 10.1. The number of fused-ring (bicyclic) bond motifs is 1. The van der Waals surface area contributed by atoms with E-state index in [9.17, 15) is 9.59 Å². The molecule has 1 amide bonds. The van der Waals surface area contributed by atoms with E-state index in [4.69, 9.17) is 5.26 Å². The maximum absolute atomic E-state index is 12.2. The van der Waals surface area contributed by atoms with Gasteiger partial charge >= 0.3 is 5.97 Å². The molecular weight excluding hydrogens is 282 g/mol. The molecule has 0 radical (unpaired) electrons. The number of pyridine rings is 1. The van der Waals surface area contributed by atoms with Crippen molar-refractivity contribution in [3.05, 3.63) is 42.1 Å². The van der Waals surface area contributed by atoms with E-state index < -0.39 is 17.9 Å². The number of carbonyl (C=O) groups is 2. The molecule has 6 heteroatoms. The average molecular weight is 297 g/mol. The summed E-state index contributed by atoms with van der Waals surface area (Å²) in [6, 6.07) is 10.2. The zero-order chi connectivity index (χ0) is 15.9. The quantitative estimate of drug-likeness (QED) is 0.850. The highest BCUT2D eigenvalue weighted by Gasteiger charge is 2.22. The third kappa shape index (κ3) is 3.58. The molecule has 1 aromatic carbocycles. The van der Waals surface area contributed by atoms with Crippen molar-refractivity contribution in [2.24, 2.45) is 0 Å². The van der Waals surface area contributed by atoms with E-state index in [0.717, 1.165) is 10.9 Å². The van der Waals surface area contributed by atoms with Crippen molar-refractivity contribution in [3.63, 3.8) is 0 Å². The molecule has 0 fully saturated rings. The lowest BCUT2D eigenvalue weighted by Gasteiger charge is -2.15. The van der Waals surface area contributed by atoms with Crippen LogP contribution in [-0.2, 0) is 9.53 Å². The minimum absolute atomic E-state index is 0.149. The van der Waals surface area contributed by atoms with Crippen LogP contribution in [0.2, 0.25) is 0 Å².